The van der Waals surface area contributed by atoms with Gasteiger partial charge in [0.2, 0.25) is 0 Å². The van der Waals surface area contributed by atoms with Crippen molar-refractivity contribution in [3.8, 4) is 22.8 Å². The highest BCUT2D eigenvalue weighted by Crippen LogP contribution is 2.28. The minimum atomic E-state index is -0.588. The van der Waals surface area contributed by atoms with Gasteiger partial charge >= 0.3 is 0 Å². The van der Waals surface area contributed by atoms with Gasteiger partial charge in [-0.1, -0.05) is 29.8 Å². The molecule has 1 heterocycles. The number of methoxy groups -OCH3 is 1. The van der Waals surface area contributed by atoms with E-state index < -0.39 is 5.91 Å². The Hall–Kier alpha value is -4.70. The highest BCUT2D eigenvalue weighted by Gasteiger charge is 2.09. The largest absolute Gasteiger partial charge is 0.493 e. The van der Waals surface area contributed by atoms with Gasteiger partial charge in [-0.2, -0.15) is 5.10 Å². The lowest BCUT2D eigenvalue weighted by Gasteiger charge is -2.09. The Kier molecular flexibility index (Phi) is 8.11. The summed E-state index contributed by atoms with van der Waals surface area (Å²) in [6.07, 6.45) is 1.48. The Balaban J connectivity index is 1.34. The van der Waals surface area contributed by atoms with E-state index in [1.807, 2.05) is 48.7 Å². The van der Waals surface area contributed by atoms with Gasteiger partial charge in [0.05, 0.1) is 19.0 Å². The van der Waals surface area contributed by atoms with Crippen LogP contribution in [0.3, 0.4) is 0 Å². The van der Waals surface area contributed by atoms with Gasteiger partial charge in [-0.25, -0.2) is 10.4 Å². The zero-order valence-electron chi connectivity index (χ0n) is 20.2. The summed E-state index contributed by atoms with van der Waals surface area (Å²) in [5, 5.41) is 10.1. The van der Waals surface area contributed by atoms with Gasteiger partial charge < -0.3 is 20.5 Å². The molecule has 0 saturated heterocycles. The Morgan fingerprint density at radius 1 is 1.05 bits per heavy atom. The molecule has 9 nitrogen and oxygen atoms in total. The molecule has 2 amide bonds. The van der Waals surface area contributed by atoms with Crippen molar-refractivity contribution < 1.29 is 19.1 Å². The maximum Gasteiger partial charge on any atom is 0.271 e. The first-order valence-electron chi connectivity index (χ1n) is 11.2. The number of thiazole rings is 1. The van der Waals surface area contributed by atoms with Crippen LogP contribution >= 0.6 is 11.3 Å². The molecule has 1 aromatic heterocycles. The maximum absolute atomic E-state index is 12.5. The molecule has 0 aliphatic carbocycles. The summed E-state index contributed by atoms with van der Waals surface area (Å²) in [6, 6.07) is 20.2. The average molecular weight is 516 g/mol. The van der Waals surface area contributed by atoms with Gasteiger partial charge in [-0.05, 0) is 55.0 Å². The second kappa shape index (κ2) is 11.8. The highest BCUT2D eigenvalue weighted by molar-refractivity contribution is 7.14. The number of aryl methyl sites for hydroxylation is 1. The van der Waals surface area contributed by atoms with Gasteiger partial charge in [0.25, 0.3) is 11.8 Å². The number of nitrogens with two attached hydrogens (primary N) is 1. The van der Waals surface area contributed by atoms with E-state index in [2.05, 4.69) is 20.8 Å². The van der Waals surface area contributed by atoms with Gasteiger partial charge in [0.1, 0.15) is 0 Å². The first kappa shape index (κ1) is 25.4. The number of amides is 2. The summed E-state index contributed by atoms with van der Waals surface area (Å²) in [4.78, 5) is 28.1. The molecule has 188 valence electrons. The average Bonchev–Trinajstić information content (AvgIpc) is 3.37. The molecule has 0 fully saturated rings. The number of nitrogens with zero attached hydrogens (tertiary/aromatic N) is 2. The van der Waals surface area contributed by atoms with Crippen LogP contribution in [0.5, 0.6) is 11.5 Å². The Bertz CT molecular complexity index is 1420. The number of ether oxygens (including phenoxy) is 2. The molecule has 0 aliphatic heterocycles. The topological polar surface area (TPSA) is 128 Å². The standard InChI is InChI=1S/C27H25N5O4S/c1-17-3-10-21(11-4-17)30-27-31-22(16-37-27)19-6-8-20(9-7-19)26(34)32-29-14-18-5-12-23(24(13-18)35-2)36-15-25(28)33/h3-14,16H,15H2,1-2H3,(H2,28,33)(H,30,31)(H,32,34)/b29-14+. The molecule has 4 N–H and O–H groups in total. The van der Waals surface area contributed by atoms with Crippen LogP contribution in [-0.4, -0.2) is 36.7 Å². The van der Waals surface area contributed by atoms with E-state index >= 15 is 0 Å². The number of hydrogen-bond donors (Lipinski definition) is 3. The van der Waals surface area contributed by atoms with E-state index in [1.54, 1.807) is 30.3 Å². The fraction of sp³-hybridized carbons (Fsp3) is 0.111. The second-order valence-electron chi connectivity index (χ2n) is 7.97. The number of nitrogens with one attached hydrogen (secondary N) is 2. The molecule has 37 heavy (non-hydrogen) atoms. The summed E-state index contributed by atoms with van der Waals surface area (Å²) in [6.45, 7) is 1.79. The first-order chi connectivity index (χ1) is 17.9. The van der Waals surface area contributed by atoms with Gasteiger partial charge in [0.15, 0.2) is 23.2 Å². The normalized spacial score (nSPS) is 10.8. The molecule has 0 spiro atoms. The van der Waals surface area contributed by atoms with E-state index in [0.29, 0.717) is 22.6 Å². The van der Waals surface area contributed by atoms with E-state index in [1.165, 1.54) is 30.2 Å². The molecule has 4 rings (SSSR count). The van der Waals surface area contributed by atoms with Crippen LogP contribution in [0, 0.1) is 6.92 Å². The summed E-state index contributed by atoms with van der Waals surface area (Å²) in [7, 11) is 1.48. The zero-order valence-corrected chi connectivity index (χ0v) is 21.0. The number of rotatable bonds is 10. The summed E-state index contributed by atoms with van der Waals surface area (Å²) >= 11 is 1.51. The van der Waals surface area contributed by atoms with Crippen LogP contribution in [0.1, 0.15) is 21.5 Å². The van der Waals surface area contributed by atoms with Gasteiger partial charge in [0, 0.05) is 22.2 Å². The second-order valence-corrected chi connectivity index (χ2v) is 8.83. The number of primary amides is 1. The lowest BCUT2D eigenvalue weighted by atomic mass is 10.1. The molecular weight excluding hydrogens is 490 g/mol. The highest BCUT2D eigenvalue weighted by atomic mass is 32.1. The van der Waals surface area contributed by atoms with E-state index in [0.717, 1.165) is 22.1 Å². The number of benzene rings is 3. The summed E-state index contributed by atoms with van der Waals surface area (Å²) < 4.78 is 10.6. The lowest BCUT2D eigenvalue weighted by molar-refractivity contribution is -0.119. The maximum atomic E-state index is 12.5. The minimum absolute atomic E-state index is 0.257. The van der Waals surface area contributed by atoms with Crippen molar-refractivity contribution in [2.75, 3.05) is 19.0 Å². The van der Waals surface area contributed by atoms with Crippen molar-refractivity contribution >= 4 is 40.2 Å². The summed E-state index contributed by atoms with van der Waals surface area (Å²) in [5.41, 5.74) is 12.6. The molecule has 0 unspecified atom stereocenters. The van der Waals surface area contributed by atoms with Crippen molar-refractivity contribution in [2.24, 2.45) is 10.8 Å². The third-order valence-corrected chi connectivity index (χ3v) is 5.94. The number of hydrazone groups is 1. The number of carbonyl (C=O) groups is 2. The predicted molar refractivity (Wildman–Crippen MR) is 145 cm³/mol. The van der Waals surface area contributed by atoms with E-state index in [-0.39, 0.29) is 12.5 Å². The van der Waals surface area contributed by atoms with Crippen molar-refractivity contribution in [3.05, 3.63) is 88.8 Å². The lowest BCUT2D eigenvalue weighted by Crippen LogP contribution is -2.20. The van der Waals surface area contributed by atoms with Crippen molar-refractivity contribution in [1.82, 2.24) is 10.4 Å². The molecule has 0 aliphatic rings. The number of hydrogen-bond acceptors (Lipinski definition) is 8. The van der Waals surface area contributed by atoms with Crippen LogP contribution in [0.2, 0.25) is 0 Å². The fourth-order valence-corrected chi connectivity index (χ4v) is 4.02. The molecule has 10 heteroatoms. The Labute approximate surface area is 218 Å². The molecular formula is C27H25N5O4S. The van der Waals surface area contributed by atoms with Crippen molar-refractivity contribution in [3.63, 3.8) is 0 Å². The quantitative estimate of drug-likeness (QED) is 0.211. The monoisotopic (exact) mass is 515 g/mol. The van der Waals surface area contributed by atoms with Crippen LogP contribution in [-0.2, 0) is 4.79 Å². The summed E-state index contributed by atoms with van der Waals surface area (Å²) in [5.74, 6) is -0.154. The SMILES string of the molecule is COc1cc(/C=N/NC(=O)c2ccc(-c3csc(Nc4ccc(C)cc4)n3)cc2)ccc1OCC(N)=O. The Morgan fingerprint density at radius 3 is 2.51 bits per heavy atom. The first-order valence-corrected chi connectivity index (χ1v) is 12.1. The number of anilines is 2. The Morgan fingerprint density at radius 2 is 1.81 bits per heavy atom. The molecule has 0 radical (unpaired) electrons. The van der Waals surface area contributed by atoms with Gasteiger partial charge in [-0.15, -0.1) is 11.3 Å². The predicted octanol–water partition coefficient (Wildman–Crippen LogP) is 4.50. The van der Waals surface area contributed by atoms with Gasteiger partial charge in [-0.3, -0.25) is 9.59 Å². The van der Waals surface area contributed by atoms with Crippen LogP contribution < -0.4 is 25.9 Å². The molecule has 0 bridgehead atoms. The minimum Gasteiger partial charge on any atom is -0.493 e. The third-order valence-electron chi connectivity index (χ3n) is 5.19. The fourth-order valence-electron chi connectivity index (χ4n) is 3.28. The van der Waals surface area contributed by atoms with Crippen LogP contribution in [0.15, 0.2) is 77.2 Å². The van der Waals surface area contributed by atoms with E-state index in [9.17, 15) is 9.59 Å². The van der Waals surface area contributed by atoms with Crippen molar-refractivity contribution in [1.29, 1.82) is 0 Å². The zero-order chi connectivity index (χ0) is 26.2. The van der Waals surface area contributed by atoms with Crippen LogP contribution in [0.4, 0.5) is 10.8 Å². The molecule has 3 aromatic carbocycles. The molecule has 4 aromatic rings. The number of aromatic nitrogens is 1. The smallest absolute Gasteiger partial charge is 0.271 e. The molecule has 0 saturated carbocycles. The van der Waals surface area contributed by atoms with Crippen LogP contribution in [0.25, 0.3) is 11.3 Å². The third kappa shape index (κ3) is 6.92. The number of carbonyl (C=O) groups excluding carboxylic acids is 2. The van der Waals surface area contributed by atoms with Crippen molar-refractivity contribution in [2.45, 2.75) is 6.92 Å². The molecule has 0 atom stereocenters. The van der Waals surface area contributed by atoms with E-state index in [4.69, 9.17) is 15.2 Å².